The Morgan fingerprint density at radius 1 is 1.58 bits per heavy atom. The Morgan fingerprint density at radius 3 is 2.84 bits per heavy atom. The van der Waals surface area contributed by atoms with Gasteiger partial charge in [0.1, 0.15) is 11.8 Å². The van der Waals surface area contributed by atoms with E-state index in [4.69, 9.17) is 15.1 Å². The molecule has 6 nitrogen and oxygen atoms in total. The highest BCUT2D eigenvalue weighted by Crippen LogP contribution is 2.29. The van der Waals surface area contributed by atoms with Crippen molar-refractivity contribution in [3.8, 4) is 11.8 Å². The van der Waals surface area contributed by atoms with E-state index in [2.05, 4.69) is 0 Å². The molecule has 1 aromatic rings. The maximum absolute atomic E-state index is 11.8. The highest BCUT2D eigenvalue weighted by atomic mass is 16.5. The SMILES string of the molecule is COc1ccc(N2CC(C(=O)O)CC2=O)cc1C#N. The number of amides is 1. The van der Waals surface area contributed by atoms with Crippen molar-refractivity contribution in [3.63, 3.8) is 0 Å². The Hall–Kier alpha value is -2.55. The van der Waals surface area contributed by atoms with Crippen LogP contribution in [-0.4, -0.2) is 30.6 Å². The number of nitrogens with zero attached hydrogens (tertiary/aromatic N) is 2. The van der Waals surface area contributed by atoms with Gasteiger partial charge in [0.2, 0.25) is 5.91 Å². The van der Waals surface area contributed by atoms with Gasteiger partial charge in [0.25, 0.3) is 0 Å². The van der Waals surface area contributed by atoms with Crippen LogP contribution in [0.25, 0.3) is 0 Å². The first-order chi connectivity index (χ1) is 9.06. The van der Waals surface area contributed by atoms with Crippen molar-refractivity contribution in [2.45, 2.75) is 6.42 Å². The largest absolute Gasteiger partial charge is 0.495 e. The Labute approximate surface area is 109 Å². The van der Waals surface area contributed by atoms with Crippen molar-refractivity contribution >= 4 is 17.6 Å². The minimum Gasteiger partial charge on any atom is -0.495 e. The van der Waals surface area contributed by atoms with Gasteiger partial charge in [0, 0.05) is 18.7 Å². The van der Waals surface area contributed by atoms with Crippen LogP contribution in [-0.2, 0) is 9.59 Å². The lowest BCUT2D eigenvalue weighted by Gasteiger charge is -2.17. The smallest absolute Gasteiger partial charge is 0.308 e. The average Bonchev–Trinajstić information content (AvgIpc) is 2.80. The van der Waals surface area contributed by atoms with Gasteiger partial charge in [-0.1, -0.05) is 0 Å². The molecule has 0 radical (unpaired) electrons. The van der Waals surface area contributed by atoms with Crippen LogP contribution >= 0.6 is 0 Å². The minimum atomic E-state index is -0.982. The van der Waals surface area contributed by atoms with E-state index in [0.29, 0.717) is 17.0 Å². The normalized spacial score (nSPS) is 18.2. The molecule has 1 unspecified atom stereocenters. The van der Waals surface area contributed by atoms with E-state index in [1.807, 2.05) is 6.07 Å². The van der Waals surface area contributed by atoms with Crippen molar-refractivity contribution in [1.29, 1.82) is 5.26 Å². The van der Waals surface area contributed by atoms with E-state index in [1.165, 1.54) is 18.1 Å². The first-order valence-electron chi connectivity index (χ1n) is 5.68. The second-order valence-corrected chi connectivity index (χ2v) is 4.24. The minimum absolute atomic E-state index is 0.0107. The fourth-order valence-corrected chi connectivity index (χ4v) is 2.07. The fraction of sp³-hybridized carbons (Fsp3) is 0.308. The molecule has 1 atom stereocenters. The van der Waals surface area contributed by atoms with Gasteiger partial charge in [-0.3, -0.25) is 9.59 Å². The second-order valence-electron chi connectivity index (χ2n) is 4.24. The maximum Gasteiger partial charge on any atom is 0.308 e. The second kappa shape index (κ2) is 4.98. The van der Waals surface area contributed by atoms with Crippen molar-refractivity contribution in [1.82, 2.24) is 0 Å². The number of rotatable bonds is 3. The first kappa shape index (κ1) is 12.9. The van der Waals surface area contributed by atoms with Gasteiger partial charge in [0.05, 0.1) is 18.6 Å². The Balaban J connectivity index is 2.31. The van der Waals surface area contributed by atoms with E-state index < -0.39 is 11.9 Å². The third-order valence-corrected chi connectivity index (χ3v) is 3.09. The standard InChI is InChI=1S/C13H12N2O4/c1-19-11-3-2-10(4-8(11)6-14)15-7-9(13(17)18)5-12(15)16/h2-4,9H,5,7H2,1H3,(H,17,18). The summed E-state index contributed by atoms with van der Waals surface area (Å²) in [7, 11) is 1.46. The maximum atomic E-state index is 11.8. The molecule has 1 aliphatic rings. The number of carbonyl (C=O) groups excluding carboxylic acids is 1. The zero-order chi connectivity index (χ0) is 14.0. The lowest BCUT2D eigenvalue weighted by molar-refractivity contribution is -0.141. The van der Waals surface area contributed by atoms with Gasteiger partial charge in [-0.2, -0.15) is 5.26 Å². The number of hydrogen-bond acceptors (Lipinski definition) is 4. The topological polar surface area (TPSA) is 90.6 Å². The summed E-state index contributed by atoms with van der Waals surface area (Å²) in [5, 5.41) is 17.9. The van der Waals surface area contributed by atoms with Crippen molar-refractivity contribution < 1.29 is 19.4 Å². The van der Waals surface area contributed by atoms with Gasteiger partial charge < -0.3 is 14.7 Å². The quantitative estimate of drug-likeness (QED) is 0.875. The third kappa shape index (κ3) is 2.36. The molecule has 1 aliphatic heterocycles. The molecule has 0 saturated carbocycles. The number of ether oxygens (including phenoxy) is 1. The predicted octanol–water partition coefficient (Wildman–Crippen LogP) is 1.00. The summed E-state index contributed by atoms with van der Waals surface area (Å²) >= 11 is 0. The molecule has 1 amide bonds. The highest BCUT2D eigenvalue weighted by Gasteiger charge is 2.35. The molecule has 0 aromatic heterocycles. The van der Waals surface area contributed by atoms with Crippen LogP contribution in [0.3, 0.4) is 0 Å². The van der Waals surface area contributed by atoms with Crippen LogP contribution in [0.5, 0.6) is 5.75 Å². The summed E-state index contributed by atoms with van der Waals surface area (Å²) in [5.41, 5.74) is 0.831. The van der Waals surface area contributed by atoms with E-state index in [0.717, 1.165) is 0 Å². The molecule has 1 aromatic carbocycles. The van der Waals surface area contributed by atoms with Gasteiger partial charge in [0.15, 0.2) is 0 Å². The monoisotopic (exact) mass is 260 g/mol. The molecule has 2 rings (SSSR count). The van der Waals surface area contributed by atoms with Crippen LogP contribution in [0.15, 0.2) is 18.2 Å². The van der Waals surface area contributed by atoms with Gasteiger partial charge in [-0.05, 0) is 18.2 Å². The lowest BCUT2D eigenvalue weighted by atomic mass is 10.1. The number of benzene rings is 1. The predicted molar refractivity (Wildman–Crippen MR) is 65.8 cm³/mol. The van der Waals surface area contributed by atoms with E-state index in [1.54, 1.807) is 12.1 Å². The van der Waals surface area contributed by atoms with Gasteiger partial charge in [-0.25, -0.2) is 0 Å². The van der Waals surface area contributed by atoms with E-state index >= 15 is 0 Å². The van der Waals surface area contributed by atoms with Crippen LogP contribution in [0.2, 0.25) is 0 Å². The zero-order valence-corrected chi connectivity index (χ0v) is 10.3. The summed E-state index contributed by atoms with van der Waals surface area (Å²) in [6.07, 6.45) is -0.0107. The molecular formula is C13H12N2O4. The third-order valence-electron chi connectivity index (χ3n) is 3.09. The number of carboxylic acid groups (broad SMARTS) is 1. The molecule has 0 aliphatic carbocycles. The lowest BCUT2D eigenvalue weighted by Crippen LogP contribution is -2.25. The molecule has 19 heavy (non-hydrogen) atoms. The average molecular weight is 260 g/mol. The molecule has 0 bridgehead atoms. The summed E-state index contributed by atoms with van der Waals surface area (Å²) in [5.74, 6) is -1.50. The number of nitriles is 1. The molecule has 1 fully saturated rings. The van der Waals surface area contributed by atoms with Crippen molar-refractivity contribution in [2.24, 2.45) is 5.92 Å². The summed E-state index contributed by atoms with van der Waals surface area (Å²) < 4.78 is 5.02. The summed E-state index contributed by atoms with van der Waals surface area (Å²) in [4.78, 5) is 24.1. The number of aliphatic carboxylic acids is 1. The molecular weight excluding hydrogens is 248 g/mol. The number of methoxy groups -OCH3 is 1. The van der Waals surface area contributed by atoms with E-state index in [9.17, 15) is 9.59 Å². The van der Waals surface area contributed by atoms with Gasteiger partial charge >= 0.3 is 5.97 Å². The van der Waals surface area contributed by atoms with Crippen molar-refractivity contribution in [2.75, 3.05) is 18.6 Å². The molecule has 6 heteroatoms. The number of hydrogen-bond donors (Lipinski definition) is 1. The Bertz CT molecular complexity index is 576. The molecule has 1 heterocycles. The first-order valence-corrected chi connectivity index (χ1v) is 5.68. The number of anilines is 1. The fourth-order valence-electron chi connectivity index (χ4n) is 2.07. The van der Waals surface area contributed by atoms with Crippen LogP contribution in [0.1, 0.15) is 12.0 Å². The molecule has 98 valence electrons. The Kier molecular flexibility index (Phi) is 3.38. The molecule has 1 saturated heterocycles. The van der Waals surface area contributed by atoms with Crippen molar-refractivity contribution in [3.05, 3.63) is 23.8 Å². The summed E-state index contributed by atoms with van der Waals surface area (Å²) in [6, 6.07) is 6.74. The number of carboxylic acids is 1. The van der Waals surface area contributed by atoms with Gasteiger partial charge in [-0.15, -0.1) is 0 Å². The Morgan fingerprint density at radius 2 is 2.32 bits per heavy atom. The van der Waals surface area contributed by atoms with Crippen LogP contribution < -0.4 is 9.64 Å². The number of carbonyl (C=O) groups is 2. The molecule has 1 N–H and O–H groups in total. The zero-order valence-electron chi connectivity index (χ0n) is 10.3. The van der Waals surface area contributed by atoms with E-state index in [-0.39, 0.29) is 18.9 Å². The van der Waals surface area contributed by atoms with Crippen LogP contribution in [0, 0.1) is 17.2 Å². The highest BCUT2D eigenvalue weighted by molar-refractivity contribution is 5.99. The summed E-state index contributed by atoms with van der Waals surface area (Å²) in [6.45, 7) is 0.130. The molecule has 0 spiro atoms. The van der Waals surface area contributed by atoms with Crippen LogP contribution in [0.4, 0.5) is 5.69 Å².